The zero-order valence-electron chi connectivity index (χ0n) is 12.0. The van der Waals surface area contributed by atoms with Gasteiger partial charge in [0.05, 0.1) is 12.4 Å². The first-order valence-corrected chi connectivity index (χ1v) is 9.08. The largest absolute Gasteiger partial charge is 0.380 e. The van der Waals surface area contributed by atoms with Crippen LogP contribution in [0.5, 0.6) is 0 Å². The average Bonchev–Trinajstić information content (AvgIpc) is 3.17. The van der Waals surface area contributed by atoms with E-state index in [1.54, 1.807) is 0 Å². The highest BCUT2D eigenvalue weighted by Crippen LogP contribution is 2.18. The van der Waals surface area contributed by atoms with Crippen molar-refractivity contribution >= 4 is 10.0 Å². The van der Waals surface area contributed by atoms with Crippen LogP contribution in [0.15, 0.2) is 0 Å². The molecule has 19 heavy (non-hydrogen) atoms. The number of unbranched alkanes of at least 4 members (excludes halogenated alkanes) is 2. The Morgan fingerprint density at radius 3 is 2.58 bits per heavy atom. The van der Waals surface area contributed by atoms with Gasteiger partial charge >= 0.3 is 0 Å². The first-order valence-electron chi connectivity index (χ1n) is 7.42. The highest BCUT2D eigenvalue weighted by molar-refractivity contribution is 7.89. The molecule has 1 aliphatic carbocycles. The number of rotatable bonds is 13. The van der Waals surface area contributed by atoms with Crippen LogP contribution < -0.4 is 10.0 Å². The molecule has 1 rings (SSSR count). The maximum Gasteiger partial charge on any atom is 0.211 e. The maximum absolute atomic E-state index is 11.6. The van der Waals surface area contributed by atoms with E-state index in [-0.39, 0.29) is 5.75 Å². The Morgan fingerprint density at radius 2 is 1.89 bits per heavy atom. The summed E-state index contributed by atoms with van der Waals surface area (Å²) < 4.78 is 31.2. The molecule has 0 aromatic rings. The van der Waals surface area contributed by atoms with Crippen LogP contribution in [0.25, 0.3) is 0 Å². The Hall–Kier alpha value is -0.170. The molecule has 0 amide bonds. The minimum atomic E-state index is -3.12. The zero-order chi connectivity index (χ0) is 14.0. The molecular formula is C13H28N2O3S. The van der Waals surface area contributed by atoms with E-state index in [0.29, 0.717) is 32.2 Å². The Kier molecular flexibility index (Phi) is 8.61. The van der Waals surface area contributed by atoms with Crippen LogP contribution in [-0.4, -0.2) is 46.5 Å². The normalized spacial score (nSPS) is 15.8. The van der Waals surface area contributed by atoms with Crippen LogP contribution in [0.4, 0.5) is 0 Å². The quantitative estimate of drug-likeness (QED) is 0.501. The highest BCUT2D eigenvalue weighted by atomic mass is 32.2. The van der Waals surface area contributed by atoms with E-state index in [2.05, 4.69) is 17.0 Å². The zero-order valence-corrected chi connectivity index (χ0v) is 12.8. The van der Waals surface area contributed by atoms with Crippen LogP contribution in [-0.2, 0) is 14.8 Å². The number of ether oxygens (including phenoxy) is 1. The van der Waals surface area contributed by atoms with Crippen molar-refractivity contribution in [1.82, 2.24) is 10.0 Å². The molecule has 0 aliphatic heterocycles. The molecule has 0 radical (unpaired) electrons. The van der Waals surface area contributed by atoms with E-state index in [4.69, 9.17) is 4.74 Å². The van der Waals surface area contributed by atoms with Crippen molar-refractivity contribution in [2.24, 2.45) is 0 Å². The predicted octanol–water partition coefficient (Wildman–Crippen LogP) is 1.25. The van der Waals surface area contributed by atoms with Crippen molar-refractivity contribution in [2.45, 2.75) is 51.5 Å². The number of hydrogen-bond donors (Lipinski definition) is 2. The van der Waals surface area contributed by atoms with Gasteiger partial charge in [-0.15, -0.1) is 0 Å². The van der Waals surface area contributed by atoms with E-state index < -0.39 is 10.0 Å². The molecule has 1 saturated carbocycles. The van der Waals surface area contributed by atoms with Gasteiger partial charge in [0.25, 0.3) is 0 Å². The summed E-state index contributed by atoms with van der Waals surface area (Å²) in [5.74, 6) is 0.217. The second kappa shape index (κ2) is 9.69. The van der Waals surface area contributed by atoms with Crippen LogP contribution in [0, 0.1) is 0 Å². The molecule has 0 spiro atoms. The third-order valence-electron chi connectivity index (χ3n) is 3.06. The van der Waals surface area contributed by atoms with Crippen LogP contribution in [0.3, 0.4) is 0 Å². The summed E-state index contributed by atoms with van der Waals surface area (Å²) >= 11 is 0. The van der Waals surface area contributed by atoms with Crippen molar-refractivity contribution in [3.8, 4) is 0 Å². The fourth-order valence-corrected chi connectivity index (χ4v) is 2.82. The Balaban J connectivity index is 1.90. The molecule has 2 N–H and O–H groups in total. The molecule has 0 unspecified atom stereocenters. The van der Waals surface area contributed by atoms with Gasteiger partial charge < -0.3 is 10.1 Å². The minimum Gasteiger partial charge on any atom is -0.380 e. The summed E-state index contributed by atoms with van der Waals surface area (Å²) in [4.78, 5) is 0. The second-order valence-electron chi connectivity index (χ2n) is 5.11. The minimum absolute atomic E-state index is 0.217. The first kappa shape index (κ1) is 16.9. The van der Waals surface area contributed by atoms with Crippen molar-refractivity contribution in [3.63, 3.8) is 0 Å². The lowest BCUT2D eigenvalue weighted by atomic mass is 10.3. The summed E-state index contributed by atoms with van der Waals surface area (Å²) in [6, 6.07) is 0.704. The smallest absolute Gasteiger partial charge is 0.211 e. The molecule has 0 bridgehead atoms. The van der Waals surface area contributed by atoms with E-state index in [9.17, 15) is 8.42 Å². The molecular weight excluding hydrogens is 264 g/mol. The van der Waals surface area contributed by atoms with Crippen LogP contribution in [0.1, 0.15) is 45.4 Å². The summed E-state index contributed by atoms with van der Waals surface area (Å²) in [7, 11) is -3.12. The van der Waals surface area contributed by atoms with Gasteiger partial charge in [-0.25, -0.2) is 13.1 Å². The topological polar surface area (TPSA) is 67.4 Å². The third kappa shape index (κ3) is 10.3. The van der Waals surface area contributed by atoms with Crippen LogP contribution in [0.2, 0.25) is 0 Å². The third-order valence-corrected chi connectivity index (χ3v) is 4.53. The second-order valence-corrected chi connectivity index (χ2v) is 7.04. The first-order chi connectivity index (χ1) is 9.14. The fourth-order valence-electron chi connectivity index (χ4n) is 1.70. The van der Waals surface area contributed by atoms with Gasteiger partial charge in [-0.1, -0.05) is 13.3 Å². The lowest BCUT2D eigenvalue weighted by molar-refractivity contribution is 0.136. The summed E-state index contributed by atoms with van der Waals surface area (Å²) in [6.07, 6.45) is 6.31. The van der Waals surface area contributed by atoms with Gasteiger partial charge in [0, 0.05) is 19.2 Å². The Morgan fingerprint density at radius 1 is 1.11 bits per heavy atom. The van der Waals surface area contributed by atoms with Crippen molar-refractivity contribution in [2.75, 3.05) is 32.1 Å². The van der Waals surface area contributed by atoms with Gasteiger partial charge in [-0.2, -0.15) is 0 Å². The van der Waals surface area contributed by atoms with Crippen molar-refractivity contribution in [3.05, 3.63) is 0 Å². The van der Waals surface area contributed by atoms with E-state index >= 15 is 0 Å². The van der Waals surface area contributed by atoms with Crippen LogP contribution >= 0.6 is 0 Å². The molecule has 0 atom stereocenters. The average molecular weight is 292 g/mol. The summed E-state index contributed by atoms with van der Waals surface area (Å²) in [5.41, 5.74) is 0. The molecule has 0 heterocycles. The van der Waals surface area contributed by atoms with E-state index in [1.165, 1.54) is 12.8 Å². The molecule has 1 fully saturated rings. The molecule has 0 aromatic carbocycles. The molecule has 1 aliphatic rings. The lowest BCUT2D eigenvalue weighted by Gasteiger charge is -2.07. The van der Waals surface area contributed by atoms with Gasteiger partial charge in [0.2, 0.25) is 10.0 Å². The number of nitrogens with one attached hydrogen (secondary N) is 2. The highest BCUT2D eigenvalue weighted by Gasteiger charge is 2.19. The SMILES string of the molecule is CCCCOCCNS(=O)(=O)CCCCNC1CC1. The summed E-state index contributed by atoms with van der Waals surface area (Å²) in [5, 5.41) is 3.38. The standard InChI is InChI=1S/C13H28N2O3S/c1-2-3-10-18-11-9-15-19(16,17)12-5-4-8-14-13-6-7-13/h13-15H,2-12H2,1H3. The van der Waals surface area contributed by atoms with E-state index in [0.717, 1.165) is 25.8 Å². The lowest BCUT2D eigenvalue weighted by Crippen LogP contribution is -2.30. The number of sulfonamides is 1. The Bertz CT molecular complexity index is 316. The fraction of sp³-hybridized carbons (Fsp3) is 1.00. The van der Waals surface area contributed by atoms with Crippen molar-refractivity contribution in [1.29, 1.82) is 0 Å². The molecule has 5 nitrogen and oxygen atoms in total. The maximum atomic E-state index is 11.6. The Labute approximate surface area is 117 Å². The van der Waals surface area contributed by atoms with Crippen molar-refractivity contribution < 1.29 is 13.2 Å². The predicted molar refractivity (Wildman–Crippen MR) is 77.8 cm³/mol. The monoisotopic (exact) mass is 292 g/mol. The van der Waals surface area contributed by atoms with Gasteiger partial charge in [0.1, 0.15) is 0 Å². The van der Waals surface area contributed by atoms with Gasteiger partial charge in [-0.05, 0) is 38.6 Å². The van der Waals surface area contributed by atoms with Gasteiger partial charge in [0.15, 0.2) is 0 Å². The molecule has 6 heteroatoms. The van der Waals surface area contributed by atoms with Gasteiger partial charge in [-0.3, -0.25) is 0 Å². The van der Waals surface area contributed by atoms with E-state index in [1.807, 2.05) is 0 Å². The number of hydrogen-bond acceptors (Lipinski definition) is 4. The molecule has 114 valence electrons. The molecule has 0 saturated heterocycles. The summed E-state index contributed by atoms with van der Waals surface area (Å²) in [6.45, 7) is 4.59. The molecule has 0 aromatic heterocycles.